The fraction of sp³-hybridized carbons (Fsp3) is 0.267. The summed E-state index contributed by atoms with van der Waals surface area (Å²) in [6, 6.07) is 28.4. The average molecular weight is 500 g/mol. The molecule has 0 saturated carbocycles. The topological polar surface area (TPSA) is 52.7 Å². The minimum atomic E-state index is -0.150. The van der Waals surface area contributed by atoms with Crippen LogP contribution in [0.5, 0.6) is 0 Å². The van der Waals surface area contributed by atoms with Crippen LogP contribution in [0.4, 0.5) is 5.69 Å². The molecule has 1 aliphatic heterocycles. The van der Waals surface area contributed by atoms with E-state index in [1.165, 1.54) is 17.3 Å². The van der Waals surface area contributed by atoms with Crippen molar-refractivity contribution in [3.05, 3.63) is 101 Å². The summed E-state index contributed by atoms with van der Waals surface area (Å²) in [7, 11) is 0. The lowest BCUT2D eigenvalue weighted by Crippen LogP contribution is -2.43. The van der Waals surface area contributed by atoms with Crippen LogP contribution in [-0.4, -0.2) is 42.4 Å². The molecule has 0 radical (unpaired) electrons. The minimum Gasteiger partial charge on any atom is -0.355 e. The summed E-state index contributed by atoms with van der Waals surface area (Å²) in [6.07, 6.45) is 2.73. The zero-order valence-electron chi connectivity index (χ0n) is 20.9. The van der Waals surface area contributed by atoms with Crippen molar-refractivity contribution in [1.29, 1.82) is 0 Å². The fourth-order valence-electron chi connectivity index (χ4n) is 4.17. The van der Waals surface area contributed by atoms with E-state index in [9.17, 15) is 9.59 Å². The smallest absolute Gasteiger partial charge is 0.265 e. The predicted molar refractivity (Wildman–Crippen MR) is 149 cm³/mol. The quantitative estimate of drug-likeness (QED) is 0.292. The lowest BCUT2D eigenvalue weighted by atomic mass is 10.2. The van der Waals surface area contributed by atoms with Gasteiger partial charge in [-0.2, -0.15) is 0 Å². The second-order valence-electron chi connectivity index (χ2n) is 9.13. The van der Waals surface area contributed by atoms with Gasteiger partial charge in [0.2, 0.25) is 5.91 Å². The number of amides is 2. The maximum atomic E-state index is 13.3. The van der Waals surface area contributed by atoms with Gasteiger partial charge in [-0.15, -0.1) is 0 Å². The highest BCUT2D eigenvalue weighted by Crippen LogP contribution is 2.41. The van der Waals surface area contributed by atoms with Gasteiger partial charge in [-0.05, 0) is 49.6 Å². The fourth-order valence-corrected chi connectivity index (χ4v) is 5.23. The van der Waals surface area contributed by atoms with E-state index in [1.807, 2.05) is 66.7 Å². The Kier molecular flexibility index (Phi) is 8.98. The number of carbonyl (C=O) groups excluding carboxylic acids is 2. The van der Waals surface area contributed by atoms with Gasteiger partial charge in [0, 0.05) is 30.6 Å². The first-order valence-electron chi connectivity index (χ1n) is 12.4. The zero-order chi connectivity index (χ0) is 25.3. The number of fused-ring (bicyclic) bond motifs is 1. The molecule has 0 aliphatic carbocycles. The summed E-state index contributed by atoms with van der Waals surface area (Å²) in [5, 5.41) is 3.02. The van der Waals surface area contributed by atoms with Crippen molar-refractivity contribution in [2.45, 2.75) is 37.8 Å². The normalized spacial score (nSPS) is 14.4. The van der Waals surface area contributed by atoms with E-state index in [4.69, 9.17) is 0 Å². The van der Waals surface area contributed by atoms with Crippen LogP contribution in [0.15, 0.2) is 94.7 Å². The van der Waals surface area contributed by atoms with E-state index >= 15 is 0 Å². The molecule has 0 saturated heterocycles. The zero-order valence-corrected chi connectivity index (χ0v) is 21.7. The predicted octanol–water partition coefficient (Wildman–Crippen LogP) is 5.58. The molecule has 3 aromatic rings. The third-order valence-electron chi connectivity index (χ3n) is 6.13. The number of para-hydroxylation sites is 1. The first-order chi connectivity index (χ1) is 17.5. The Morgan fingerprint density at radius 1 is 0.972 bits per heavy atom. The van der Waals surface area contributed by atoms with Crippen LogP contribution in [0.2, 0.25) is 0 Å². The Morgan fingerprint density at radius 2 is 1.64 bits per heavy atom. The van der Waals surface area contributed by atoms with Gasteiger partial charge < -0.3 is 5.32 Å². The van der Waals surface area contributed by atoms with E-state index in [1.54, 1.807) is 4.90 Å². The van der Waals surface area contributed by atoms with Gasteiger partial charge in [0.15, 0.2) is 0 Å². The molecule has 4 rings (SSSR count). The number of anilines is 1. The van der Waals surface area contributed by atoms with Crippen LogP contribution in [0.25, 0.3) is 6.08 Å². The standard InChI is InChI=1S/C30H33N3O2S/c1-23(2)32(21-25-14-7-4-8-15-25)19-11-18-31-29(34)22-33-26-16-9-10-17-27(26)36-28(30(33)35)20-24-12-5-3-6-13-24/h3-10,12-17,20,23H,11,18-19,21-22H2,1-2H3,(H,31,34)/b28-20-. The number of benzene rings is 3. The minimum absolute atomic E-state index is 0.000443. The molecule has 1 heterocycles. The van der Waals surface area contributed by atoms with Gasteiger partial charge in [0.25, 0.3) is 5.91 Å². The number of hydrogen-bond donors (Lipinski definition) is 1. The average Bonchev–Trinajstić information content (AvgIpc) is 2.89. The molecule has 0 spiro atoms. The number of nitrogens with zero attached hydrogens (tertiary/aromatic N) is 2. The monoisotopic (exact) mass is 499 g/mol. The molecular weight excluding hydrogens is 466 g/mol. The third kappa shape index (κ3) is 6.86. The maximum absolute atomic E-state index is 13.3. The highest BCUT2D eigenvalue weighted by Gasteiger charge is 2.30. The van der Waals surface area contributed by atoms with Crippen molar-refractivity contribution >= 4 is 35.3 Å². The van der Waals surface area contributed by atoms with E-state index in [-0.39, 0.29) is 18.4 Å². The molecule has 2 amide bonds. The van der Waals surface area contributed by atoms with Crippen LogP contribution in [0.3, 0.4) is 0 Å². The van der Waals surface area contributed by atoms with Crippen molar-refractivity contribution < 1.29 is 9.59 Å². The van der Waals surface area contributed by atoms with Gasteiger partial charge in [-0.3, -0.25) is 19.4 Å². The molecule has 0 fully saturated rings. The van der Waals surface area contributed by atoms with Gasteiger partial charge in [0.1, 0.15) is 6.54 Å². The Labute approximate surface area is 218 Å². The molecule has 1 N–H and O–H groups in total. The number of thioether (sulfide) groups is 1. The highest BCUT2D eigenvalue weighted by atomic mass is 32.2. The molecule has 0 aromatic heterocycles. The second kappa shape index (κ2) is 12.6. The van der Waals surface area contributed by atoms with Crippen molar-refractivity contribution in [3.8, 4) is 0 Å². The van der Waals surface area contributed by atoms with Crippen molar-refractivity contribution in [1.82, 2.24) is 10.2 Å². The molecular formula is C30H33N3O2S. The van der Waals surface area contributed by atoms with Crippen LogP contribution in [-0.2, 0) is 16.1 Å². The van der Waals surface area contributed by atoms with Crippen LogP contribution < -0.4 is 10.2 Å². The molecule has 1 aliphatic rings. The van der Waals surface area contributed by atoms with Crippen molar-refractivity contribution in [3.63, 3.8) is 0 Å². The first kappa shape index (κ1) is 25.7. The summed E-state index contributed by atoms with van der Waals surface area (Å²) >= 11 is 1.45. The van der Waals surface area contributed by atoms with E-state index in [0.29, 0.717) is 17.5 Å². The summed E-state index contributed by atoms with van der Waals surface area (Å²) in [4.78, 5) is 31.8. The Hall–Kier alpha value is -3.35. The molecule has 6 heteroatoms. The van der Waals surface area contributed by atoms with Crippen molar-refractivity contribution in [2.75, 3.05) is 24.5 Å². The largest absolute Gasteiger partial charge is 0.355 e. The molecule has 5 nitrogen and oxygen atoms in total. The van der Waals surface area contributed by atoms with Crippen molar-refractivity contribution in [2.24, 2.45) is 0 Å². The van der Waals surface area contributed by atoms with Crippen LogP contribution >= 0.6 is 11.8 Å². The van der Waals surface area contributed by atoms with E-state index in [2.05, 4.69) is 48.3 Å². The molecule has 186 valence electrons. The Bertz CT molecular complexity index is 1200. The summed E-state index contributed by atoms with van der Waals surface area (Å²) in [5.74, 6) is -0.296. The van der Waals surface area contributed by atoms with E-state index < -0.39 is 0 Å². The highest BCUT2D eigenvalue weighted by molar-refractivity contribution is 8.04. The van der Waals surface area contributed by atoms with Gasteiger partial charge in [-0.25, -0.2) is 0 Å². The molecule has 0 atom stereocenters. The Morgan fingerprint density at radius 3 is 2.36 bits per heavy atom. The van der Waals surface area contributed by atoms with Crippen LogP contribution in [0.1, 0.15) is 31.4 Å². The first-order valence-corrected chi connectivity index (χ1v) is 13.2. The van der Waals surface area contributed by atoms with Gasteiger partial charge in [0.05, 0.1) is 10.6 Å². The lowest BCUT2D eigenvalue weighted by molar-refractivity contribution is -0.122. The van der Waals surface area contributed by atoms with Gasteiger partial charge >= 0.3 is 0 Å². The van der Waals surface area contributed by atoms with Gasteiger partial charge in [-0.1, -0.05) is 84.6 Å². The number of carbonyl (C=O) groups is 2. The Balaban J connectivity index is 1.35. The molecule has 3 aromatic carbocycles. The lowest BCUT2D eigenvalue weighted by Gasteiger charge is -2.30. The summed E-state index contributed by atoms with van der Waals surface area (Å²) in [5.41, 5.74) is 3.03. The molecule has 0 bridgehead atoms. The summed E-state index contributed by atoms with van der Waals surface area (Å²) < 4.78 is 0. The number of hydrogen-bond acceptors (Lipinski definition) is 4. The molecule has 36 heavy (non-hydrogen) atoms. The maximum Gasteiger partial charge on any atom is 0.265 e. The summed E-state index contributed by atoms with van der Waals surface area (Å²) in [6.45, 7) is 6.74. The second-order valence-corrected chi connectivity index (χ2v) is 10.2. The molecule has 0 unspecified atom stereocenters. The SMILES string of the molecule is CC(C)N(CCCNC(=O)CN1C(=O)/C(=C/c2ccccc2)Sc2ccccc21)Cc1ccccc1. The third-order valence-corrected chi connectivity index (χ3v) is 7.21. The van der Waals surface area contributed by atoms with Crippen LogP contribution in [0, 0.1) is 0 Å². The van der Waals surface area contributed by atoms with E-state index in [0.717, 1.165) is 35.7 Å². The number of nitrogens with one attached hydrogen (secondary N) is 1. The number of rotatable bonds is 10.